The van der Waals surface area contributed by atoms with Gasteiger partial charge >= 0.3 is 0 Å². The fourth-order valence-electron chi connectivity index (χ4n) is 2.46. The number of ether oxygens (including phenoxy) is 1. The summed E-state index contributed by atoms with van der Waals surface area (Å²) in [4.78, 5) is 12.7. The van der Waals surface area contributed by atoms with Crippen molar-refractivity contribution in [3.8, 4) is 0 Å². The Morgan fingerprint density at radius 1 is 1.38 bits per heavy atom. The highest BCUT2D eigenvalue weighted by molar-refractivity contribution is 5.69. The summed E-state index contributed by atoms with van der Waals surface area (Å²) in [5.74, 6) is 0.714. The monoisotopic (exact) mass is 289 g/mol. The van der Waals surface area contributed by atoms with Crippen molar-refractivity contribution in [1.82, 2.24) is 0 Å². The lowest BCUT2D eigenvalue weighted by Crippen LogP contribution is -2.38. The Morgan fingerprint density at radius 3 is 2.95 bits per heavy atom. The van der Waals surface area contributed by atoms with Crippen LogP contribution in [0.1, 0.15) is 11.9 Å². The van der Waals surface area contributed by atoms with Gasteiger partial charge in [0.2, 0.25) is 0 Å². The third-order valence-electron chi connectivity index (χ3n) is 3.46. The SMILES string of the molecule is Nc1ccc([N+](=O)[O-])c(N2CCO[C@H](c3ccco3)C2)c1. The first-order valence-electron chi connectivity index (χ1n) is 6.59. The minimum Gasteiger partial charge on any atom is -0.467 e. The molecule has 1 aliphatic heterocycles. The van der Waals surface area contributed by atoms with Crippen LogP contribution in [-0.4, -0.2) is 24.6 Å². The average Bonchev–Trinajstić information content (AvgIpc) is 3.01. The number of hydrogen-bond donors (Lipinski definition) is 1. The number of nitrogens with zero attached hydrogens (tertiary/aromatic N) is 2. The molecule has 0 saturated carbocycles. The van der Waals surface area contributed by atoms with Crippen LogP contribution in [0.5, 0.6) is 0 Å². The first-order valence-corrected chi connectivity index (χ1v) is 6.59. The first-order chi connectivity index (χ1) is 10.1. The van der Waals surface area contributed by atoms with Crippen LogP contribution in [0.2, 0.25) is 0 Å². The number of nitro groups is 1. The molecule has 7 heteroatoms. The van der Waals surface area contributed by atoms with E-state index in [4.69, 9.17) is 14.9 Å². The summed E-state index contributed by atoms with van der Waals surface area (Å²) in [7, 11) is 0. The molecule has 110 valence electrons. The van der Waals surface area contributed by atoms with Crippen LogP contribution in [0.3, 0.4) is 0 Å². The zero-order valence-electron chi connectivity index (χ0n) is 11.3. The lowest BCUT2D eigenvalue weighted by molar-refractivity contribution is -0.384. The van der Waals surface area contributed by atoms with Crippen molar-refractivity contribution >= 4 is 17.1 Å². The topological polar surface area (TPSA) is 94.8 Å². The fourth-order valence-corrected chi connectivity index (χ4v) is 2.46. The molecule has 1 aromatic heterocycles. The van der Waals surface area contributed by atoms with Gasteiger partial charge in [-0.25, -0.2) is 0 Å². The molecule has 3 rings (SSSR count). The van der Waals surface area contributed by atoms with E-state index >= 15 is 0 Å². The predicted molar refractivity (Wildman–Crippen MR) is 77.1 cm³/mol. The van der Waals surface area contributed by atoms with E-state index < -0.39 is 4.92 Å². The van der Waals surface area contributed by atoms with Gasteiger partial charge in [0.05, 0.1) is 24.3 Å². The fraction of sp³-hybridized carbons (Fsp3) is 0.286. The van der Waals surface area contributed by atoms with Gasteiger partial charge in [-0.05, 0) is 24.3 Å². The molecule has 0 bridgehead atoms. The smallest absolute Gasteiger partial charge is 0.292 e. The van der Waals surface area contributed by atoms with Gasteiger partial charge in [0, 0.05) is 18.3 Å². The maximum Gasteiger partial charge on any atom is 0.292 e. The molecule has 1 saturated heterocycles. The number of nitrogen functional groups attached to an aromatic ring is 1. The zero-order chi connectivity index (χ0) is 14.8. The summed E-state index contributed by atoms with van der Waals surface area (Å²) in [5, 5.41) is 11.2. The van der Waals surface area contributed by atoms with Gasteiger partial charge in [0.25, 0.3) is 5.69 Å². The summed E-state index contributed by atoms with van der Waals surface area (Å²) < 4.78 is 11.0. The van der Waals surface area contributed by atoms with Gasteiger partial charge in [-0.15, -0.1) is 0 Å². The molecule has 1 aliphatic rings. The Balaban J connectivity index is 1.89. The van der Waals surface area contributed by atoms with Crippen molar-refractivity contribution in [1.29, 1.82) is 0 Å². The highest BCUT2D eigenvalue weighted by atomic mass is 16.6. The quantitative estimate of drug-likeness (QED) is 0.529. The van der Waals surface area contributed by atoms with Crippen LogP contribution in [0.25, 0.3) is 0 Å². The van der Waals surface area contributed by atoms with E-state index in [0.717, 1.165) is 0 Å². The average molecular weight is 289 g/mol. The van der Waals surface area contributed by atoms with Crippen molar-refractivity contribution in [2.45, 2.75) is 6.10 Å². The van der Waals surface area contributed by atoms with Crippen LogP contribution < -0.4 is 10.6 Å². The van der Waals surface area contributed by atoms with Crippen LogP contribution in [0.4, 0.5) is 17.1 Å². The van der Waals surface area contributed by atoms with E-state index in [0.29, 0.717) is 36.8 Å². The minimum absolute atomic E-state index is 0.0456. The molecule has 0 unspecified atom stereocenters. The molecule has 21 heavy (non-hydrogen) atoms. The van der Waals surface area contributed by atoms with Crippen LogP contribution in [0.15, 0.2) is 41.0 Å². The largest absolute Gasteiger partial charge is 0.467 e. The van der Waals surface area contributed by atoms with Gasteiger partial charge in [-0.2, -0.15) is 0 Å². The van der Waals surface area contributed by atoms with Crippen molar-refractivity contribution < 1.29 is 14.1 Å². The second kappa shape index (κ2) is 5.45. The molecular weight excluding hydrogens is 274 g/mol. The summed E-state index contributed by atoms with van der Waals surface area (Å²) in [5.41, 5.74) is 6.82. The molecule has 0 spiro atoms. The van der Waals surface area contributed by atoms with E-state index in [2.05, 4.69) is 0 Å². The second-order valence-corrected chi connectivity index (χ2v) is 4.83. The van der Waals surface area contributed by atoms with E-state index in [1.54, 1.807) is 18.4 Å². The lowest BCUT2D eigenvalue weighted by Gasteiger charge is -2.33. The molecule has 1 atom stereocenters. The predicted octanol–water partition coefficient (Wildman–Crippen LogP) is 2.35. The van der Waals surface area contributed by atoms with Crippen LogP contribution >= 0.6 is 0 Å². The Bertz CT molecular complexity index is 642. The summed E-state index contributed by atoms with van der Waals surface area (Å²) >= 11 is 0. The maximum atomic E-state index is 11.2. The Hall–Kier alpha value is -2.54. The first kappa shape index (κ1) is 13.4. The summed E-state index contributed by atoms with van der Waals surface area (Å²) in [6, 6.07) is 8.22. The van der Waals surface area contributed by atoms with Gasteiger partial charge in [0.15, 0.2) is 0 Å². The number of anilines is 2. The van der Waals surface area contributed by atoms with Gasteiger partial charge < -0.3 is 19.8 Å². The number of morpholine rings is 1. The Morgan fingerprint density at radius 2 is 2.24 bits per heavy atom. The molecule has 2 N–H and O–H groups in total. The zero-order valence-corrected chi connectivity index (χ0v) is 11.3. The van der Waals surface area contributed by atoms with Crippen molar-refractivity contribution in [3.05, 3.63) is 52.5 Å². The highest BCUT2D eigenvalue weighted by Crippen LogP contribution is 2.33. The number of nitro benzene ring substituents is 1. The summed E-state index contributed by atoms with van der Waals surface area (Å²) in [6.07, 6.45) is 1.34. The standard InChI is InChI=1S/C14H15N3O4/c15-10-3-4-11(17(18)19)12(8-10)16-5-7-21-14(9-16)13-2-1-6-20-13/h1-4,6,8,14H,5,7,9,15H2/t14-/m0/s1. The molecule has 0 amide bonds. The lowest BCUT2D eigenvalue weighted by atomic mass is 10.1. The number of benzene rings is 1. The number of hydrogen-bond acceptors (Lipinski definition) is 6. The third kappa shape index (κ3) is 2.68. The molecule has 2 aromatic rings. The molecule has 0 aliphatic carbocycles. The van der Waals surface area contributed by atoms with E-state index in [1.807, 2.05) is 11.0 Å². The summed E-state index contributed by atoms with van der Waals surface area (Å²) in [6.45, 7) is 1.52. The van der Waals surface area contributed by atoms with E-state index in [1.165, 1.54) is 12.1 Å². The van der Waals surface area contributed by atoms with Crippen LogP contribution in [-0.2, 0) is 4.74 Å². The molecule has 0 radical (unpaired) electrons. The van der Waals surface area contributed by atoms with E-state index in [9.17, 15) is 10.1 Å². The number of furan rings is 1. The van der Waals surface area contributed by atoms with Crippen molar-refractivity contribution in [2.24, 2.45) is 0 Å². The Kier molecular flexibility index (Phi) is 3.49. The molecule has 1 fully saturated rings. The van der Waals surface area contributed by atoms with Gasteiger partial charge in [-0.3, -0.25) is 10.1 Å². The molecule has 2 heterocycles. The number of rotatable bonds is 3. The maximum absolute atomic E-state index is 11.2. The minimum atomic E-state index is -0.397. The number of nitrogens with two attached hydrogens (primary N) is 1. The third-order valence-corrected chi connectivity index (χ3v) is 3.46. The normalized spacial score (nSPS) is 18.7. The van der Waals surface area contributed by atoms with Crippen molar-refractivity contribution in [3.63, 3.8) is 0 Å². The molecule has 1 aromatic carbocycles. The second-order valence-electron chi connectivity index (χ2n) is 4.83. The Labute approximate surface area is 121 Å². The van der Waals surface area contributed by atoms with Crippen LogP contribution in [0, 0.1) is 10.1 Å². The molecular formula is C14H15N3O4. The van der Waals surface area contributed by atoms with E-state index in [-0.39, 0.29) is 11.8 Å². The highest BCUT2D eigenvalue weighted by Gasteiger charge is 2.28. The van der Waals surface area contributed by atoms with Crippen molar-refractivity contribution in [2.75, 3.05) is 30.3 Å². The van der Waals surface area contributed by atoms with Gasteiger partial charge in [0.1, 0.15) is 17.6 Å². The van der Waals surface area contributed by atoms with Gasteiger partial charge in [-0.1, -0.05) is 0 Å². The molecule has 7 nitrogen and oxygen atoms in total.